The molecule has 0 spiro atoms. The van der Waals surface area contributed by atoms with E-state index in [-0.39, 0.29) is 17.9 Å². The Morgan fingerprint density at radius 1 is 1.04 bits per heavy atom. The molecule has 2 rings (SSSR count). The summed E-state index contributed by atoms with van der Waals surface area (Å²) in [5.41, 5.74) is 0.0812. The summed E-state index contributed by atoms with van der Waals surface area (Å²) in [6.45, 7) is -0.572. The van der Waals surface area contributed by atoms with Gasteiger partial charge in [-0.1, -0.05) is 30.3 Å². The molecule has 0 fully saturated rings. The zero-order chi connectivity index (χ0) is 18.4. The van der Waals surface area contributed by atoms with Crippen LogP contribution in [-0.2, 0) is 6.54 Å². The number of carboxylic acids is 1. The number of benzene rings is 1. The molecule has 1 amide bonds. The van der Waals surface area contributed by atoms with Crippen molar-refractivity contribution >= 4 is 11.9 Å². The zero-order valence-corrected chi connectivity index (χ0v) is 12.9. The van der Waals surface area contributed by atoms with Crippen LogP contribution in [0.15, 0.2) is 42.7 Å². The molecule has 0 saturated heterocycles. The van der Waals surface area contributed by atoms with E-state index in [0.29, 0.717) is 5.56 Å². The van der Waals surface area contributed by atoms with E-state index >= 15 is 0 Å². The molecule has 1 aromatic carbocycles. The van der Waals surface area contributed by atoms with Crippen molar-refractivity contribution in [3.63, 3.8) is 0 Å². The van der Waals surface area contributed by atoms with Crippen molar-refractivity contribution < 1.29 is 27.9 Å². The lowest BCUT2D eigenvalue weighted by atomic mass is 10.2. The Balaban J connectivity index is 2.20. The highest BCUT2D eigenvalue weighted by atomic mass is 19.4. The lowest BCUT2D eigenvalue weighted by Crippen LogP contribution is -2.34. The molecule has 0 bridgehead atoms. The number of hydrogen-bond acceptors (Lipinski definition) is 4. The summed E-state index contributed by atoms with van der Waals surface area (Å²) in [6, 6.07) is 8.55. The zero-order valence-electron chi connectivity index (χ0n) is 12.9. The SMILES string of the molecule is O=C(O)c1cnc(C(=O)N(CCC(F)(F)F)Cc2ccccc2)cn1. The summed E-state index contributed by atoms with van der Waals surface area (Å²) >= 11 is 0. The molecule has 0 unspecified atom stereocenters. The van der Waals surface area contributed by atoms with Gasteiger partial charge in [0, 0.05) is 13.1 Å². The van der Waals surface area contributed by atoms with Gasteiger partial charge in [0.15, 0.2) is 5.69 Å². The number of halogens is 3. The Bertz CT molecular complexity index is 734. The van der Waals surface area contributed by atoms with Crippen LogP contribution in [0.4, 0.5) is 13.2 Å². The standard InChI is InChI=1S/C16H14F3N3O3/c17-16(18,19)6-7-22(10-11-4-2-1-3-5-11)14(23)12-8-21-13(9-20-12)15(24)25/h1-5,8-9H,6-7,10H2,(H,24,25). The number of hydrogen-bond donors (Lipinski definition) is 1. The predicted molar refractivity (Wildman–Crippen MR) is 80.8 cm³/mol. The third-order valence-corrected chi connectivity index (χ3v) is 3.26. The smallest absolute Gasteiger partial charge is 0.390 e. The first-order chi connectivity index (χ1) is 11.8. The molecule has 0 aliphatic carbocycles. The topological polar surface area (TPSA) is 83.4 Å². The van der Waals surface area contributed by atoms with Gasteiger partial charge in [0.1, 0.15) is 5.69 Å². The molecular formula is C16H14F3N3O3. The number of carbonyl (C=O) groups is 2. The molecule has 0 radical (unpaired) electrons. The molecule has 1 N–H and O–H groups in total. The number of carboxylic acid groups (broad SMARTS) is 1. The van der Waals surface area contributed by atoms with Gasteiger partial charge in [-0.25, -0.2) is 14.8 Å². The number of alkyl halides is 3. The lowest BCUT2D eigenvalue weighted by Gasteiger charge is -2.23. The summed E-state index contributed by atoms with van der Waals surface area (Å²) in [5, 5.41) is 8.77. The van der Waals surface area contributed by atoms with Crippen molar-refractivity contribution in [3.8, 4) is 0 Å². The van der Waals surface area contributed by atoms with Crippen LogP contribution >= 0.6 is 0 Å². The summed E-state index contributed by atoms with van der Waals surface area (Å²) in [7, 11) is 0. The molecule has 1 heterocycles. The molecule has 0 aliphatic rings. The summed E-state index contributed by atoms with van der Waals surface area (Å²) in [4.78, 5) is 31.5. The minimum Gasteiger partial charge on any atom is -0.476 e. The average Bonchev–Trinajstić information content (AvgIpc) is 2.58. The first kappa shape index (κ1) is 18.4. The van der Waals surface area contributed by atoms with E-state index in [2.05, 4.69) is 9.97 Å². The molecular weight excluding hydrogens is 339 g/mol. The number of aromatic nitrogens is 2. The van der Waals surface area contributed by atoms with Crippen molar-refractivity contribution in [1.29, 1.82) is 0 Å². The van der Waals surface area contributed by atoms with Gasteiger partial charge in [0.2, 0.25) is 0 Å². The van der Waals surface area contributed by atoms with Crippen LogP contribution < -0.4 is 0 Å². The maximum absolute atomic E-state index is 12.5. The molecule has 0 atom stereocenters. The Morgan fingerprint density at radius 2 is 1.64 bits per heavy atom. The quantitative estimate of drug-likeness (QED) is 0.863. The maximum Gasteiger partial charge on any atom is 0.390 e. The van der Waals surface area contributed by atoms with Crippen molar-refractivity contribution in [2.75, 3.05) is 6.54 Å². The van der Waals surface area contributed by atoms with Crippen molar-refractivity contribution in [3.05, 3.63) is 59.7 Å². The number of amides is 1. The highest BCUT2D eigenvalue weighted by Gasteiger charge is 2.29. The Labute approximate surface area is 140 Å². The van der Waals surface area contributed by atoms with Gasteiger partial charge in [0.05, 0.1) is 18.8 Å². The van der Waals surface area contributed by atoms with Crippen LogP contribution in [0, 0.1) is 0 Å². The molecule has 0 saturated carbocycles. The van der Waals surface area contributed by atoms with E-state index < -0.39 is 31.0 Å². The fraction of sp³-hybridized carbons (Fsp3) is 0.250. The molecule has 1 aromatic heterocycles. The first-order valence-electron chi connectivity index (χ1n) is 7.21. The largest absolute Gasteiger partial charge is 0.476 e. The van der Waals surface area contributed by atoms with Crippen LogP contribution in [0.1, 0.15) is 33.0 Å². The van der Waals surface area contributed by atoms with E-state index in [1.165, 1.54) is 0 Å². The minimum atomic E-state index is -4.41. The second-order valence-electron chi connectivity index (χ2n) is 5.17. The third kappa shape index (κ3) is 5.55. The second kappa shape index (κ2) is 7.73. The highest BCUT2D eigenvalue weighted by molar-refractivity contribution is 5.92. The van der Waals surface area contributed by atoms with Crippen molar-refractivity contribution in [2.24, 2.45) is 0 Å². The number of rotatable bonds is 6. The van der Waals surface area contributed by atoms with Crippen LogP contribution in [0.3, 0.4) is 0 Å². The molecule has 6 nitrogen and oxygen atoms in total. The maximum atomic E-state index is 12.5. The Morgan fingerprint density at radius 3 is 2.16 bits per heavy atom. The van der Waals surface area contributed by atoms with E-state index in [1.807, 2.05) is 0 Å². The van der Waals surface area contributed by atoms with Crippen LogP contribution in [0.5, 0.6) is 0 Å². The van der Waals surface area contributed by atoms with Gasteiger partial charge in [0.25, 0.3) is 5.91 Å². The Kier molecular flexibility index (Phi) is 5.68. The van der Waals surface area contributed by atoms with Gasteiger partial charge >= 0.3 is 12.1 Å². The summed E-state index contributed by atoms with van der Waals surface area (Å²) in [5.74, 6) is -2.07. The minimum absolute atomic E-state index is 0.0296. The van der Waals surface area contributed by atoms with Gasteiger partial charge in [-0.2, -0.15) is 13.2 Å². The monoisotopic (exact) mass is 353 g/mol. The first-order valence-corrected chi connectivity index (χ1v) is 7.21. The van der Waals surface area contributed by atoms with Gasteiger partial charge < -0.3 is 10.0 Å². The molecule has 132 valence electrons. The van der Waals surface area contributed by atoms with E-state index in [9.17, 15) is 22.8 Å². The molecule has 9 heteroatoms. The van der Waals surface area contributed by atoms with Gasteiger partial charge in [-0.3, -0.25) is 4.79 Å². The highest BCUT2D eigenvalue weighted by Crippen LogP contribution is 2.21. The third-order valence-electron chi connectivity index (χ3n) is 3.26. The fourth-order valence-electron chi connectivity index (χ4n) is 2.03. The fourth-order valence-corrected chi connectivity index (χ4v) is 2.03. The number of aromatic carboxylic acids is 1. The number of carbonyl (C=O) groups excluding carboxylic acids is 1. The summed E-state index contributed by atoms with van der Waals surface area (Å²) < 4.78 is 37.6. The Hall–Kier alpha value is -2.97. The second-order valence-corrected chi connectivity index (χ2v) is 5.17. The van der Waals surface area contributed by atoms with Crippen LogP contribution in [0.2, 0.25) is 0 Å². The molecule has 0 aliphatic heterocycles. The lowest BCUT2D eigenvalue weighted by molar-refractivity contribution is -0.136. The summed E-state index contributed by atoms with van der Waals surface area (Å²) in [6.07, 6.45) is -3.74. The predicted octanol–water partition coefficient (Wildman–Crippen LogP) is 2.77. The average molecular weight is 353 g/mol. The molecule has 25 heavy (non-hydrogen) atoms. The van der Waals surface area contributed by atoms with E-state index in [1.54, 1.807) is 30.3 Å². The van der Waals surface area contributed by atoms with Crippen LogP contribution in [0.25, 0.3) is 0 Å². The van der Waals surface area contributed by atoms with E-state index in [4.69, 9.17) is 5.11 Å². The van der Waals surface area contributed by atoms with Crippen molar-refractivity contribution in [2.45, 2.75) is 19.1 Å². The van der Waals surface area contributed by atoms with Crippen LogP contribution in [-0.4, -0.2) is 44.6 Å². The van der Waals surface area contributed by atoms with Gasteiger partial charge in [-0.05, 0) is 5.56 Å². The molecule has 2 aromatic rings. The normalized spacial score (nSPS) is 11.2. The van der Waals surface area contributed by atoms with Crippen molar-refractivity contribution in [1.82, 2.24) is 14.9 Å². The number of nitrogens with zero attached hydrogens (tertiary/aromatic N) is 3. The van der Waals surface area contributed by atoms with E-state index in [0.717, 1.165) is 17.3 Å². The van der Waals surface area contributed by atoms with Gasteiger partial charge in [-0.15, -0.1) is 0 Å².